The van der Waals surface area contributed by atoms with Crippen LogP contribution in [0.15, 0.2) is 48.5 Å². The second-order valence-corrected chi connectivity index (χ2v) is 5.90. The Morgan fingerprint density at radius 1 is 1.00 bits per heavy atom. The van der Waals surface area contributed by atoms with Gasteiger partial charge in [0.15, 0.2) is 5.11 Å². The molecule has 0 aliphatic heterocycles. The van der Waals surface area contributed by atoms with Crippen LogP contribution in [0.5, 0.6) is 5.75 Å². The summed E-state index contributed by atoms with van der Waals surface area (Å²) in [5, 5.41) is 6.99. The smallest absolute Gasteiger partial charge is 0.171 e. The summed E-state index contributed by atoms with van der Waals surface area (Å²) in [6, 6.07) is 16.3. The molecule has 0 radical (unpaired) electrons. The average molecular weight is 314 g/mol. The normalized spacial score (nSPS) is 11.6. The zero-order chi connectivity index (χ0) is 15.9. The van der Waals surface area contributed by atoms with Crippen molar-refractivity contribution in [2.45, 2.75) is 26.8 Å². The number of aryl methyl sites for hydroxylation is 2. The highest BCUT2D eigenvalue weighted by atomic mass is 32.1. The molecule has 0 saturated carbocycles. The van der Waals surface area contributed by atoms with E-state index in [0.717, 1.165) is 11.4 Å². The maximum absolute atomic E-state index is 5.74. The molecule has 2 rings (SSSR count). The van der Waals surface area contributed by atoms with E-state index in [-0.39, 0.29) is 6.04 Å². The summed E-state index contributed by atoms with van der Waals surface area (Å²) in [7, 11) is 0. The van der Waals surface area contributed by atoms with Gasteiger partial charge in [-0.25, -0.2) is 0 Å². The lowest BCUT2D eigenvalue weighted by Gasteiger charge is -2.17. The Bertz CT molecular complexity index is 608. The van der Waals surface area contributed by atoms with Crippen LogP contribution in [0, 0.1) is 13.8 Å². The van der Waals surface area contributed by atoms with Crippen LogP contribution in [-0.4, -0.2) is 17.8 Å². The van der Waals surface area contributed by atoms with Crippen LogP contribution in [-0.2, 0) is 0 Å². The van der Waals surface area contributed by atoms with Crippen LogP contribution in [0.4, 0.5) is 5.69 Å². The third-order valence-corrected chi connectivity index (χ3v) is 3.43. The molecule has 3 nitrogen and oxygen atoms in total. The van der Waals surface area contributed by atoms with Gasteiger partial charge in [0.05, 0.1) is 6.04 Å². The second kappa shape index (κ2) is 7.80. The Kier molecular flexibility index (Phi) is 5.78. The first-order chi connectivity index (χ1) is 10.5. The molecule has 0 unspecified atom stereocenters. The molecule has 0 aromatic heterocycles. The fourth-order valence-electron chi connectivity index (χ4n) is 1.93. The van der Waals surface area contributed by atoms with E-state index < -0.39 is 0 Å². The van der Waals surface area contributed by atoms with Gasteiger partial charge in [-0.1, -0.05) is 35.4 Å². The summed E-state index contributed by atoms with van der Waals surface area (Å²) in [4.78, 5) is 0. The largest absolute Gasteiger partial charge is 0.491 e. The number of hydrogen-bond acceptors (Lipinski definition) is 2. The number of thiocarbonyl (C=S) groups is 1. The monoisotopic (exact) mass is 314 g/mol. The van der Waals surface area contributed by atoms with Gasteiger partial charge in [0, 0.05) is 5.69 Å². The molecule has 0 spiro atoms. The Morgan fingerprint density at radius 3 is 2.14 bits per heavy atom. The minimum atomic E-state index is 0.117. The molecule has 1 atom stereocenters. The molecule has 0 aliphatic carbocycles. The van der Waals surface area contributed by atoms with Crippen molar-refractivity contribution in [3.63, 3.8) is 0 Å². The number of hydrogen-bond donors (Lipinski definition) is 2. The van der Waals surface area contributed by atoms with E-state index in [2.05, 4.69) is 36.6 Å². The highest BCUT2D eigenvalue weighted by Crippen LogP contribution is 2.12. The van der Waals surface area contributed by atoms with Gasteiger partial charge in [0.2, 0.25) is 0 Å². The summed E-state index contributed by atoms with van der Waals surface area (Å²) < 4.78 is 5.74. The third-order valence-electron chi connectivity index (χ3n) is 3.21. The summed E-state index contributed by atoms with van der Waals surface area (Å²) in [5.74, 6) is 0.872. The summed E-state index contributed by atoms with van der Waals surface area (Å²) in [5.41, 5.74) is 3.43. The zero-order valence-electron chi connectivity index (χ0n) is 13.2. The maximum atomic E-state index is 5.74. The van der Waals surface area contributed by atoms with Crippen molar-refractivity contribution in [3.8, 4) is 5.75 Å². The number of nitrogens with one attached hydrogen (secondary N) is 2. The van der Waals surface area contributed by atoms with Crippen molar-refractivity contribution in [2.75, 3.05) is 11.9 Å². The van der Waals surface area contributed by atoms with E-state index in [1.807, 2.05) is 43.3 Å². The Labute approximate surface area is 137 Å². The van der Waals surface area contributed by atoms with Crippen molar-refractivity contribution in [1.29, 1.82) is 0 Å². The van der Waals surface area contributed by atoms with Crippen LogP contribution >= 0.6 is 12.2 Å². The van der Waals surface area contributed by atoms with Crippen LogP contribution < -0.4 is 15.4 Å². The van der Waals surface area contributed by atoms with Crippen molar-refractivity contribution >= 4 is 23.0 Å². The van der Waals surface area contributed by atoms with E-state index in [1.165, 1.54) is 11.1 Å². The molecule has 2 N–H and O–H groups in total. The molecule has 0 heterocycles. The molecule has 0 saturated heterocycles. The van der Waals surface area contributed by atoms with E-state index in [1.54, 1.807) is 0 Å². The van der Waals surface area contributed by atoms with Gasteiger partial charge in [-0.2, -0.15) is 0 Å². The number of rotatable bonds is 5. The molecular weight excluding hydrogens is 292 g/mol. The summed E-state index contributed by atoms with van der Waals surface area (Å²) in [6.07, 6.45) is 0. The van der Waals surface area contributed by atoms with Gasteiger partial charge in [0.25, 0.3) is 0 Å². The fraction of sp³-hybridized carbons (Fsp3) is 0.278. The number of benzene rings is 2. The van der Waals surface area contributed by atoms with Gasteiger partial charge in [0.1, 0.15) is 12.4 Å². The highest BCUT2D eigenvalue weighted by molar-refractivity contribution is 7.80. The Hall–Kier alpha value is -2.07. The van der Waals surface area contributed by atoms with E-state index >= 15 is 0 Å². The van der Waals surface area contributed by atoms with Crippen LogP contribution in [0.3, 0.4) is 0 Å². The number of anilines is 1. The molecular formula is C18H22N2OS. The molecule has 0 fully saturated rings. The van der Waals surface area contributed by atoms with E-state index in [0.29, 0.717) is 11.7 Å². The maximum Gasteiger partial charge on any atom is 0.171 e. The lowest BCUT2D eigenvalue weighted by Crippen LogP contribution is -2.39. The first kappa shape index (κ1) is 16.3. The van der Waals surface area contributed by atoms with Crippen molar-refractivity contribution in [1.82, 2.24) is 5.32 Å². The lowest BCUT2D eigenvalue weighted by molar-refractivity contribution is 0.287. The molecule has 2 aromatic carbocycles. The van der Waals surface area contributed by atoms with E-state index in [4.69, 9.17) is 17.0 Å². The number of ether oxygens (including phenoxy) is 1. The molecule has 22 heavy (non-hydrogen) atoms. The molecule has 0 amide bonds. The Morgan fingerprint density at radius 2 is 1.55 bits per heavy atom. The SMILES string of the molecule is Cc1ccc(NC(=S)N[C@@H](C)COc2ccc(C)cc2)cc1. The molecule has 2 aromatic rings. The van der Waals surface area contributed by atoms with E-state index in [9.17, 15) is 0 Å². The van der Waals surface area contributed by atoms with Gasteiger partial charge in [-0.05, 0) is 57.3 Å². The average Bonchev–Trinajstić information content (AvgIpc) is 2.49. The minimum absolute atomic E-state index is 0.117. The Balaban J connectivity index is 1.76. The quantitative estimate of drug-likeness (QED) is 0.816. The lowest BCUT2D eigenvalue weighted by atomic mass is 10.2. The van der Waals surface area contributed by atoms with Gasteiger partial charge < -0.3 is 15.4 Å². The fourth-order valence-corrected chi connectivity index (χ4v) is 2.24. The third kappa shape index (κ3) is 5.37. The van der Waals surface area contributed by atoms with Crippen molar-refractivity contribution in [3.05, 3.63) is 59.7 Å². The topological polar surface area (TPSA) is 33.3 Å². The molecule has 0 aliphatic rings. The molecule has 4 heteroatoms. The first-order valence-electron chi connectivity index (χ1n) is 7.36. The summed E-state index contributed by atoms with van der Waals surface area (Å²) >= 11 is 5.32. The molecule has 0 bridgehead atoms. The van der Waals surface area contributed by atoms with Crippen LogP contribution in [0.1, 0.15) is 18.1 Å². The second-order valence-electron chi connectivity index (χ2n) is 5.49. The predicted molar refractivity (Wildman–Crippen MR) is 96.7 cm³/mol. The van der Waals surface area contributed by atoms with Crippen LogP contribution in [0.2, 0.25) is 0 Å². The van der Waals surface area contributed by atoms with Gasteiger partial charge >= 0.3 is 0 Å². The molecule has 116 valence electrons. The zero-order valence-corrected chi connectivity index (χ0v) is 14.0. The highest BCUT2D eigenvalue weighted by Gasteiger charge is 2.05. The minimum Gasteiger partial charge on any atom is -0.491 e. The van der Waals surface area contributed by atoms with Gasteiger partial charge in [-0.15, -0.1) is 0 Å². The predicted octanol–water partition coefficient (Wildman–Crippen LogP) is 4.06. The summed E-state index contributed by atoms with van der Waals surface area (Å²) in [6.45, 7) is 6.71. The van der Waals surface area contributed by atoms with Gasteiger partial charge in [-0.3, -0.25) is 0 Å². The van der Waals surface area contributed by atoms with Crippen molar-refractivity contribution < 1.29 is 4.74 Å². The van der Waals surface area contributed by atoms with Crippen molar-refractivity contribution in [2.24, 2.45) is 0 Å². The van der Waals surface area contributed by atoms with Crippen LogP contribution in [0.25, 0.3) is 0 Å². The standard InChI is InChI=1S/C18H22N2OS/c1-13-4-8-16(9-5-13)20-18(22)19-15(3)12-21-17-10-6-14(2)7-11-17/h4-11,15H,12H2,1-3H3,(H2,19,20,22)/t15-/m0/s1. The first-order valence-corrected chi connectivity index (χ1v) is 7.77.